The maximum atomic E-state index is 12.1. The molecule has 6 heteroatoms. The Morgan fingerprint density at radius 2 is 1.65 bits per heavy atom. The summed E-state index contributed by atoms with van der Waals surface area (Å²) in [6, 6.07) is 9.49. The fourth-order valence-corrected chi connectivity index (χ4v) is 2.55. The number of amides is 1. The van der Waals surface area contributed by atoms with Gasteiger partial charge in [0.1, 0.15) is 5.75 Å². The maximum Gasteiger partial charge on any atom is 0.258 e. The first-order valence-electron chi connectivity index (χ1n) is 8.24. The van der Waals surface area contributed by atoms with Crippen molar-refractivity contribution in [2.45, 2.75) is 20.4 Å². The van der Waals surface area contributed by atoms with Crippen LogP contribution in [0.3, 0.4) is 0 Å². The van der Waals surface area contributed by atoms with Gasteiger partial charge in [0.2, 0.25) is 5.75 Å². The van der Waals surface area contributed by atoms with Crippen molar-refractivity contribution in [1.82, 2.24) is 5.32 Å². The quantitative estimate of drug-likeness (QED) is 0.785. The number of nitrogens with one attached hydrogen (secondary N) is 1. The van der Waals surface area contributed by atoms with Crippen molar-refractivity contribution in [3.8, 4) is 23.0 Å². The van der Waals surface area contributed by atoms with E-state index in [-0.39, 0.29) is 12.5 Å². The second-order valence-electron chi connectivity index (χ2n) is 5.83. The highest BCUT2D eigenvalue weighted by Crippen LogP contribution is 2.39. The van der Waals surface area contributed by atoms with E-state index in [1.54, 1.807) is 27.4 Å². The van der Waals surface area contributed by atoms with Gasteiger partial charge in [-0.2, -0.15) is 0 Å². The zero-order valence-electron chi connectivity index (χ0n) is 15.8. The molecule has 1 N–H and O–H groups in total. The molecule has 26 heavy (non-hydrogen) atoms. The average molecular weight is 359 g/mol. The molecule has 2 aromatic carbocycles. The summed E-state index contributed by atoms with van der Waals surface area (Å²) in [7, 11) is 4.65. The van der Waals surface area contributed by atoms with Crippen LogP contribution in [0.25, 0.3) is 0 Å². The highest BCUT2D eigenvalue weighted by atomic mass is 16.5. The largest absolute Gasteiger partial charge is 0.493 e. The molecular formula is C20H25NO5. The molecule has 0 aromatic heterocycles. The van der Waals surface area contributed by atoms with E-state index in [2.05, 4.69) is 5.32 Å². The van der Waals surface area contributed by atoms with Crippen LogP contribution >= 0.6 is 0 Å². The molecule has 0 bridgehead atoms. The number of rotatable bonds is 8. The summed E-state index contributed by atoms with van der Waals surface area (Å²) < 4.78 is 21.6. The summed E-state index contributed by atoms with van der Waals surface area (Å²) in [6.45, 7) is 4.16. The van der Waals surface area contributed by atoms with Gasteiger partial charge in [0.05, 0.1) is 21.3 Å². The van der Waals surface area contributed by atoms with Crippen molar-refractivity contribution in [3.63, 3.8) is 0 Å². The van der Waals surface area contributed by atoms with Crippen LogP contribution in [0.2, 0.25) is 0 Å². The molecule has 0 saturated carbocycles. The first kappa shape index (κ1) is 19.4. The van der Waals surface area contributed by atoms with E-state index in [9.17, 15) is 4.79 Å². The van der Waals surface area contributed by atoms with Crippen molar-refractivity contribution < 1.29 is 23.7 Å². The van der Waals surface area contributed by atoms with Gasteiger partial charge in [0, 0.05) is 12.1 Å². The number of hydrogen-bond donors (Lipinski definition) is 1. The molecule has 0 atom stereocenters. The van der Waals surface area contributed by atoms with Gasteiger partial charge >= 0.3 is 0 Å². The van der Waals surface area contributed by atoms with E-state index in [0.717, 1.165) is 16.7 Å². The lowest BCUT2D eigenvalue weighted by Gasteiger charge is -2.16. The standard InChI is InChI=1S/C20H25NO5/c1-13-6-7-14(2)17(10-13)26-12-18(22)21-11-15-8-9-16(23-3)20(25-5)19(15)24-4/h6-10H,11-12H2,1-5H3,(H,21,22). The van der Waals surface area contributed by atoms with Crippen LogP contribution in [0.5, 0.6) is 23.0 Å². The molecule has 0 saturated heterocycles. The Labute approximate surface area is 154 Å². The summed E-state index contributed by atoms with van der Waals surface area (Å²) in [5.74, 6) is 2.08. The van der Waals surface area contributed by atoms with Gasteiger partial charge in [-0.1, -0.05) is 12.1 Å². The lowest BCUT2D eigenvalue weighted by molar-refractivity contribution is -0.123. The number of methoxy groups -OCH3 is 3. The Balaban J connectivity index is 2.00. The van der Waals surface area contributed by atoms with E-state index in [4.69, 9.17) is 18.9 Å². The molecule has 0 aliphatic heterocycles. The number of carbonyl (C=O) groups is 1. The van der Waals surface area contributed by atoms with E-state index in [1.165, 1.54) is 0 Å². The van der Waals surface area contributed by atoms with Crippen molar-refractivity contribution in [3.05, 3.63) is 47.0 Å². The Bertz CT molecular complexity index is 773. The Hall–Kier alpha value is -2.89. The van der Waals surface area contributed by atoms with Gasteiger partial charge in [-0.15, -0.1) is 0 Å². The highest BCUT2D eigenvalue weighted by molar-refractivity contribution is 5.77. The van der Waals surface area contributed by atoms with Crippen LogP contribution < -0.4 is 24.3 Å². The SMILES string of the molecule is COc1ccc(CNC(=O)COc2cc(C)ccc2C)c(OC)c1OC. The number of hydrogen-bond acceptors (Lipinski definition) is 5. The zero-order chi connectivity index (χ0) is 19.1. The van der Waals surface area contributed by atoms with E-state index in [0.29, 0.717) is 29.5 Å². The molecule has 6 nitrogen and oxygen atoms in total. The van der Waals surface area contributed by atoms with Crippen molar-refractivity contribution >= 4 is 5.91 Å². The van der Waals surface area contributed by atoms with E-state index >= 15 is 0 Å². The second kappa shape index (κ2) is 8.99. The smallest absolute Gasteiger partial charge is 0.258 e. The maximum absolute atomic E-state index is 12.1. The van der Waals surface area contributed by atoms with Gasteiger partial charge in [0.15, 0.2) is 18.1 Å². The molecule has 1 amide bonds. The lowest BCUT2D eigenvalue weighted by Crippen LogP contribution is -2.28. The predicted molar refractivity (Wildman–Crippen MR) is 99.4 cm³/mol. The Morgan fingerprint density at radius 1 is 0.923 bits per heavy atom. The van der Waals surface area contributed by atoms with Gasteiger partial charge in [0.25, 0.3) is 5.91 Å². The van der Waals surface area contributed by atoms with Crippen molar-refractivity contribution in [1.29, 1.82) is 0 Å². The highest BCUT2D eigenvalue weighted by Gasteiger charge is 2.16. The molecule has 2 rings (SSSR count). The third-order valence-corrected chi connectivity index (χ3v) is 3.96. The summed E-state index contributed by atoms with van der Waals surface area (Å²) in [5, 5.41) is 2.83. The van der Waals surface area contributed by atoms with Crippen LogP contribution in [0.4, 0.5) is 0 Å². The molecule has 0 heterocycles. The summed E-state index contributed by atoms with van der Waals surface area (Å²) >= 11 is 0. The summed E-state index contributed by atoms with van der Waals surface area (Å²) in [5.41, 5.74) is 2.86. The topological polar surface area (TPSA) is 66.0 Å². The number of ether oxygens (including phenoxy) is 4. The number of benzene rings is 2. The minimum atomic E-state index is -0.220. The first-order chi connectivity index (χ1) is 12.5. The van der Waals surface area contributed by atoms with Crippen molar-refractivity contribution in [2.24, 2.45) is 0 Å². The number of carbonyl (C=O) groups excluding carboxylic acids is 1. The molecule has 0 radical (unpaired) electrons. The zero-order valence-corrected chi connectivity index (χ0v) is 15.8. The van der Waals surface area contributed by atoms with Crippen LogP contribution in [0.15, 0.2) is 30.3 Å². The third kappa shape index (κ3) is 4.59. The summed E-state index contributed by atoms with van der Waals surface area (Å²) in [6.07, 6.45) is 0. The number of aryl methyl sites for hydroxylation is 2. The fourth-order valence-electron chi connectivity index (χ4n) is 2.55. The molecule has 2 aromatic rings. The van der Waals surface area contributed by atoms with Crippen LogP contribution in [-0.4, -0.2) is 33.8 Å². The van der Waals surface area contributed by atoms with E-state index in [1.807, 2.05) is 38.1 Å². The van der Waals surface area contributed by atoms with Crippen LogP contribution in [0.1, 0.15) is 16.7 Å². The Morgan fingerprint density at radius 3 is 2.31 bits per heavy atom. The minimum absolute atomic E-state index is 0.0557. The van der Waals surface area contributed by atoms with Gasteiger partial charge in [-0.3, -0.25) is 4.79 Å². The molecule has 0 aliphatic carbocycles. The predicted octanol–water partition coefficient (Wildman–Crippen LogP) is 3.02. The monoisotopic (exact) mass is 359 g/mol. The van der Waals surface area contributed by atoms with E-state index < -0.39 is 0 Å². The lowest BCUT2D eigenvalue weighted by atomic mass is 10.1. The van der Waals surface area contributed by atoms with Crippen molar-refractivity contribution in [2.75, 3.05) is 27.9 Å². The normalized spacial score (nSPS) is 10.2. The second-order valence-corrected chi connectivity index (χ2v) is 5.83. The molecule has 140 valence electrons. The Kier molecular flexibility index (Phi) is 6.72. The first-order valence-corrected chi connectivity index (χ1v) is 8.24. The molecular weight excluding hydrogens is 334 g/mol. The molecule has 0 fully saturated rings. The van der Waals surface area contributed by atoms with Gasteiger partial charge in [-0.25, -0.2) is 0 Å². The molecule has 0 spiro atoms. The molecule has 0 aliphatic rings. The van der Waals surface area contributed by atoms with Crippen LogP contribution in [0, 0.1) is 13.8 Å². The fraction of sp³-hybridized carbons (Fsp3) is 0.350. The third-order valence-electron chi connectivity index (χ3n) is 3.96. The van der Waals surface area contributed by atoms with Gasteiger partial charge < -0.3 is 24.3 Å². The summed E-state index contributed by atoms with van der Waals surface area (Å²) in [4.78, 5) is 12.1. The average Bonchev–Trinajstić information content (AvgIpc) is 2.65. The molecule has 0 unspecified atom stereocenters. The van der Waals surface area contributed by atoms with Gasteiger partial charge in [-0.05, 0) is 43.2 Å². The van der Waals surface area contributed by atoms with Crippen LogP contribution in [-0.2, 0) is 11.3 Å². The minimum Gasteiger partial charge on any atom is -0.493 e.